The van der Waals surface area contributed by atoms with Crippen molar-refractivity contribution < 1.29 is 27.8 Å². The van der Waals surface area contributed by atoms with Crippen molar-refractivity contribution in [1.29, 1.82) is 0 Å². The SMILES string of the molecule is CC(O)c1cc2c(c(C(F)(F)F)c1)CN(c1cccc(C3(Cc4nncn4C)COC3)c1)C2=O. The summed E-state index contributed by atoms with van der Waals surface area (Å²) in [7, 11) is 1.86. The summed E-state index contributed by atoms with van der Waals surface area (Å²) in [4.78, 5) is 14.6. The average molecular weight is 472 g/mol. The Labute approximate surface area is 193 Å². The number of ether oxygens (including phenoxy) is 1. The minimum Gasteiger partial charge on any atom is -0.389 e. The standard InChI is InChI=1S/C24H23F3N4O3/c1-14(32)15-6-18-19(20(7-15)24(25,26)27)10-31(22(18)33)17-5-3-4-16(8-17)23(11-34-12-23)9-21-29-28-13-30(21)2/h3-8,13-14,32H,9-12H2,1-2H3. The fourth-order valence-corrected chi connectivity index (χ4v) is 4.63. The van der Waals surface area contributed by atoms with Gasteiger partial charge in [-0.15, -0.1) is 10.2 Å². The van der Waals surface area contributed by atoms with Gasteiger partial charge in [-0.3, -0.25) is 4.79 Å². The van der Waals surface area contributed by atoms with E-state index in [0.717, 1.165) is 17.5 Å². The smallest absolute Gasteiger partial charge is 0.389 e. The number of carbonyl (C=O) groups is 1. The van der Waals surface area contributed by atoms with Crippen LogP contribution in [0, 0.1) is 0 Å². The molecule has 1 aromatic heterocycles. The van der Waals surface area contributed by atoms with Crippen LogP contribution in [-0.2, 0) is 36.3 Å². The van der Waals surface area contributed by atoms with Crippen molar-refractivity contribution in [2.75, 3.05) is 18.1 Å². The molecule has 2 aliphatic heterocycles. The number of aryl methyl sites for hydroxylation is 1. The van der Waals surface area contributed by atoms with Crippen molar-refractivity contribution in [3.05, 3.63) is 76.4 Å². The van der Waals surface area contributed by atoms with E-state index in [1.807, 2.05) is 23.7 Å². The lowest BCUT2D eigenvalue weighted by molar-refractivity contribution is -0.138. The fraction of sp³-hybridized carbons (Fsp3) is 0.375. The lowest BCUT2D eigenvalue weighted by Crippen LogP contribution is -2.49. The molecule has 0 spiro atoms. The molecule has 0 saturated carbocycles. The van der Waals surface area contributed by atoms with Crippen LogP contribution < -0.4 is 4.90 Å². The Morgan fingerprint density at radius 3 is 2.59 bits per heavy atom. The van der Waals surface area contributed by atoms with Crippen molar-refractivity contribution in [3.63, 3.8) is 0 Å². The number of alkyl halides is 3. The molecule has 2 aromatic carbocycles. The van der Waals surface area contributed by atoms with Gasteiger partial charge in [0.2, 0.25) is 0 Å². The molecular formula is C24H23F3N4O3. The second kappa shape index (κ2) is 7.92. The minimum atomic E-state index is -4.64. The van der Waals surface area contributed by atoms with Crippen LogP contribution in [0.15, 0.2) is 42.7 Å². The average Bonchev–Trinajstić information content (AvgIpc) is 3.32. The van der Waals surface area contributed by atoms with Gasteiger partial charge in [0.05, 0.1) is 31.4 Å². The zero-order valence-corrected chi connectivity index (χ0v) is 18.6. The number of anilines is 1. The summed E-state index contributed by atoms with van der Waals surface area (Å²) in [6.07, 6.45) is -3.57. The van der Waals surface area contributed by atoms with Gasteiger partial charge in [0.25, 0.3) is 5.91 Å². The van der Waals surface area contributed by atoms with E-state index in [1.54, 1.807) is 18.5 Å². The van der Waals surface area contributed by atoms with E-state index < -0.39 is 23.8 Å². The van der Waals surface area contributed by atoms with E-state index in [9.17, 15) is 23.1 Å². The Morgan fingerprint density at radius 2 is 2.00 bits per heavy atom. The van der Waals surface area contributed by atoms with Crippen LogP contribution >= 0.6 is 0 Å². The second-order valence-corrected chi connectivity index (χ2v) is 9.02. The predicted octanol–water partition coefficient (Wildman–Crippen LogP) is 3.56. The highest BCUT2D eigenvalue weighted by molar-refractivity contribution is 6.10. The summed E-state index contributed by atoms with van der Waals surface area (Å²) in [6, 6.07) is 9.57. The third-order valence-electron chi connectivity index (χ3n) is 6.68. The number of rotatable bonds is 5. The van der Waals surface area contributed by atoms with Gasteiger partial charge in [0.1, 0.15) is 12.2 Å². The lowest BCUT2D eigenvalue weighted by atomic mass is 9.75. The van der Waals surface area contributed by atoms with Gasteiger partial charge in [-0.25, -0.2) is 0 Å². The van der Waals surface area contributed by atoms with Gasteiger partial charge in [-0.2, -0.15) is 13.2 Å². The van der Waals surface area contributed by atoms with Crippen LogP contribution in [0.5, 0.6) is 0 Å². The fourth-order valence-electron chi connectivity index (χ4n) is 4.63. The molecule has 1 atom stereocenters. The van der Waals surface area contributed by atoms with Crippen LogP contribution in [0.25, 0.3) is 0 Å². The van der Waals surface area contributed by atoms with E-state index in [4.69, 9.17) is 4.74 Å². The molecule has 178 valence electrons. The normalized spacial score (nSPS) is 18.1. The number of aliphatic hydroxyl groups is 1. The van der Waals surface area contributed by atoms with Crippen LogP contribution in [0.3, 0.4) is 0 Å². The monoisotopic (exact) mass is 472 g/mol. The quantitative estimate of drug-likeness (QED) is 0.614. The van der Waals surface area contributed by atoms with Crippen molar-refractivity contribution in [2.45, 2.75) is 37.6 Å². The summed E-state index contributed by atoms with van der Waals surface area (Å²) < 4.78 is 48.7. The number of aliphatic hydroxyl groups excluding tert-OH is 1. The van der Waals surface area contributed by atoms with Gasteiger partial charge in [0, 0.05) is 30.1 Å². The molecule has 1 unspecified atom stereocenters. The Balaban J connectivity index is 1.51. The molecule has 34 heavy (non-hydrogen) atoms. The summed E-state index contributed by atoms with van der Waals surface area (Å²) >= 11 is 0. The molecule has 3 aromatic rings. The van der Waals surface area contributed by atoms with Crippen molar-refractivity contribution >= 4 is 11.6 Å². The van der Waals surface area contributed by atoms with E-state index >= 15 is 0 Å². The molecule has 0 aliphatic carbocycles. The van der Waals surface area contributed by atoms with Crippen LogP contribution in [-0.4, -0.2) is 39.0 Å². The van der Waals surface area contributed by atoms with Crippen LogP contribution in [0.1, 0.15) is 51.5 Å². The second-order valence-electron chi connectivity index (χ2n) is 9.02. The summed E-state index contributed by atoms with van der Waals surface area (Å²) in [6.45, 7) is 2.11. The van der Waals surface area contributed by atoms with Crippen LogP contribution in [0.2, 0.25) is 0 Å². The van der Waals surface area contributed by atoms with Gasteiger partial charge in [-0.05, 0) is 47.9 Å². The topological polar surface area (TPSA) is 80.5 Å². The number of aromatic nitrogens is 3. The number of nitrogens with zero attached hydrogens (tertiary/aromatic N) is 4. The maximum absolute atomic E-state index is 13.8. The number of fused-ring (bicyclic) bond motifs is 1. The molecule has 1 amide bonds. The molecule has 2 aliphatic rings. The molecule has 3 heterocycles. The number of carbonyl (C=O) groups excluding carboxylic acids is 1. The summed E-state index contributed by atoms with van der Waals surface area (Å²) in [5, 5.41) is 18.0. The number of benzene rings is 2. The van der Waals surface area contributed by atoms with Gasteiger partial charge in [-0.1, -0.05) is 12.1 Å². The van der Waals surface area contributed by atoms with Gasteiger partial charge in [0.15, 0.2) is 0 Å². The molecule has 1 N–H and O–H groups in total. The van der Waals surface area contributed by atoms with E-state index in [-0.39, 0.29) is 28.7 Å². The molecule has 0 bridgehead atoms. The van der Waals surface area contributed by atoms with Crippen molar-refractivity contribution in [1.82, 2.24) is 14.8 Å². The summed E-state index contributed by atoms with van der Waals surface area (Å²) in [5.74, 6) is 0.270. The zero-order chi connectivity index (χ0) is 24.3. The number of halogens is 3. The highest BCUT2D eigenvalue weighted by Gasteiger charge is 2.43. The van der Waals surface area contributed by atoms with Crippen molar-refractivity contribution in [2.24, 2.45) is 7.05 Å². The number of hydrogen-bond donors (Lipinski definition) is 1. The number of amides is 1. The molecular weight excluding hydrogens is 449 g/mol. The van der Waals surface area contributed by atoms with E-state index in [0.29, 0.717) is 25.3 Å². The van der Waals surface area contributed by atoms with Gasteiger partial charge < -0.3 is 19.3 Å². The van der Waals surface area contributed by atoms with E-state index in [1.165, 1.54) is 17.9 Å². The highest BCUT2D eigenvalue weighted by atomic mass is 19.4. The van der Waals surface area contributed by atoms with Crippen molar-refractivity contribution in [3.8, 4) is 0 Å². The maximum atomic E-state index is 13.8. The molecule has 0 radical (unpaired) electrons. The largest absolute Gasteiger partial charge is 0.416 e. The Morgan fingerprint density at radius 1 is 1.24 bits per heavy atom. The molecule has 7 nitrogen and oxygen atoms in total. The van der Waals surface area contributed by atoms with E-state index in [2.05, 4.69) is 10.2 Å². The Kier molecular flexibility index (Phi) is 5.25. The minimum absolute atomic E-state index is 0.0306. The summed E-state index contributed by atoms with van der Waals surface area (Å²) in [5.41, 5.74) is 0.134. The number of hydrogen-bond acceptors (Lipinski definition) is 5. The Bertz CT molecular complexity index is 1260. The molecule has 5 rings (SSSR count). The molecule has 1 saturated heterocycles. The predicted molar refractivity (Wildman–Crippen MR) is 116 cm³/mol. The Hall–Kier alpha value is -3.24. The third kappa shape index (κ3) is 3.67. The van der Waals surface area contributed by atoms with Crippen LogP contribution in [0.4, 0.5) is 18.9 Å². The zero-order valence-electron chi connectivity index (χ0n) is 18.6. The molecule has 10 heteroatoms. The first-order chi connectivity index (χ1) is 16.1. The first-order valence-corrected chi connectivity index (χ1v) is 10.8. The highest BCUT2D eigenvalue weighted by Crippen LogP contribution is 2.42. The lowest BCUT2D eigenvalue weighted by Gasteiger charge is -2.42. The molecule has 1 fully saturated rings. The maximum Gasteiger partial charge on any atom is 0.416 e. The third-order valence-corrected chi connectivity index (χ3v) is 6.68. The first-order valence-electron chi connectivity index (χ1n) is 10.8. The first kappa shape index (κ1) is 22.5. The van der Waals surface area contributed by atoms with Gasteiger partial charge >= 0.3 is 6.18 Å².